The zero-order valence-electron chi connectivity index (χ0n) is 19.5. The van der Waals surface area contributed by atoms with Crippen LogP contribution in [-0.2, 0) is 12.8 Å². The Hall–Kier alpha value is -1.63. The van der Waals surface area contributed by atoms with Crippen LogP contribution in [0.4, 0.5) is 4.39 Å². The Labute approximate surface area is 189 Å². The van der Waals surface area contributed by atoms with Gasteiger partial charge in [-0.2, -0.15) is 0 Å². The van der Waals surface area contributed by atoms with Crippen molar-refractivity contribution in [2.45, 2.75) is 84.0 Å². The minimum absolute atomic E-state index is 0.116. The minimum atomic E-state index is -0.116. The van der Waals surface area contributed by atoms with Gasteiger partial charge < -0.3 is 0 Å². The van der Waals surface area contributed by atoms with E-state index in [1.165, 1.54) is 86.5 Å². The van der Waals surface area contributed by atoms with Gasteiger partial charge in [-0.3, -0.25) is 4.39 Å². The standard InChI is InChI=1S/C30H41F/c1-2-23-5-13-27(14-6-23)28-15-7-24(8-16-28)3-4-25-9-17-29(18-10-25)30-19-11-26(12-20-30)21-22-31/h5-8,13-16,25-26,29-30H,2-4,9-12,17-22H2,1H3/t25?,26-,29?,30-. The Morgan fingerprint density at radius 2 is 1.06 bits per heavy atom. The fourth-order valence-electron chi connectivity index (χ4n) is 6.22. The molecule has 168 valence electrons. The first-order valence-electron chi connectivity index (χ1n) is 13.0. The molecule has 1 heteroatoms. The molecule has 0 heterocycles. The molecule has 0 aliphatic heterocycles. The molecular weight excluding hydrogens is 379 g/mol. The van der Waals surface area contributed by atoms with E-state index in [1.807, 2.05) is 0 Å². The van der Waals surface area contributed by atoms with Gasteiger partial charge in [-0.1, -0.05) is 81.1 Å². The van der Waals surface area contributed by atoms with Crippen molar-refractivity contribution in [2.75, 3.05) is 6.67 Å². The van der Waals surface area contributed by atoms with Crippen LogP contribution in [-0.4, -0.2) is 6.67 Å². The van der Waals surface area contributed by atoms with Crippen LogP contribution in [0.1, 0.15) is 82.3 Å². The fraction of sp³-hybridized carbons (Fsp3) is 0.600. The summed E-state index contributed by atoms with van der Waals surface area (Å²) in [6, 6.07) is 18.3. The SMILES string of the molecule is CCc1ccc(-c2ccc(CCC3CCC([C@H]4CC[C@H](CCF)CC4)CC3)cc2)cc1. The highest BCUT2D eigenvalue weighted by molar-refractivity contribution is 5.63. The summed E-state index contributed by atoms with van der Waals surface area (Å²) in [4.78, 5) is 0. The van der Waals surface area contributed by atoms with Crippen molar-refractivity contribution in [3.05, 3.63) is 59.7 Å². The van der Waals surface area contributed by atoms with E-state index in [1.54, 1.807) is 0 Å². The van der Waals surface area contributed by atoms with Crippen LogP contribution in [0, 0.1) is 23.7 Å². The molecule has 0 atom stereocenters. The lowest BCUT2D eigenvalue weighted by Crippen LogP contribution is -2.26. The highest BCUT2D eigenvalue weighted by atomic mass is 19.1. The molecule has 0 aromatic heterocycles. The molecule has 2 fully saturated rings. The third kappa shape index (κ3) is 6.21. The third-order valence-corrected chi connectivity index (χ3v) is 8.46. The molecule has 2 aromatic carbocycles. The lowest BCUT2D eigenvalue weighted by atomic mass is 9.68. The molecule has 2 aliphatic rings. The molecule has 0 saturated heterocycles. The first kappa shape index (κ1) is 22.6. The van der Waals surface area contributed by atoms with Crippen LogP contribution >= 0.6 is 0 Å². The van der Waals surface area contributed by atoms with Gasteiger partial charge in [0.25, 0.3) is 0 Å². The monoisotopic (exact) mass is 420 g/mol. The van der Waals surface area contributed by atoms with Crippen LogP contribution < -0.4 is 0 Å². The third-order valence-electron chi connectivity index (χ3n) is 8.46. The molecule has 0 spiro atoms. The second kappa shape index (κ2) is 11.3. The van der Waals surface area contributed by atoms with E-state index in [0.717, 1.165) is 30.6 Å². The van der Waals surface area contributed by atoms with Gasteiger partial charge in [0.1, 0.15) is 0 Å². The van der Waals surface area contributed by atoms with E-state index in [0.29, 0.717) is 5.92 Å². The summed E-state index contributed by atoms with van der Waals surface area (Å²) in [5.74, 6) is 3.50. The lowest BCUT2D eigenvalue weighted by molar-refractivity contribution is 0.139. The normalized spacial score (nSPS) is 26.6. The van der Waals surface area contributed by atoms with Crippen LogP contribution in [0.25, 0.3) is 11.1 Å². The molecule has 2 aromatic rings. The van der Waals surface area contributed by atoms with E-state index in [-0.39, 0.29) is 6.67 Å². The second-order valence-electron chi connectivity index (χ2n) is 10.3. The summed E-state index contributed by atoms with van der Waals surface area (Å²) in [5.41, 5.74) is 5.54. The van der Waals surface area contributed by atoms with Gasteiger partial charge in [-0.15, -0.1) is 0 Å². The molecular formula is C30H41F. The lowest BCUT2D eigenvalue weighted by Gasteiger charge is -2.37. The summed E-state index contributed by atoms with van der Waals surface area (Å²) >= 11 is 0. The van der Waals surface area contributed by atoms with Crippen molar-refractivity contribution >= 4 is 0 Å². The molecule has 2 aliphatic carbocycles. The predicted molar refractivity (Wildman–Crippen MR) is 131 cm³/mol. The topological polar surface area (TPSA) is 0 Å². The number of halogens is 1. The molecule has 0 unspecified atom stereocenters. The average Bonchev–Trinajstić information content (AvgIpc) is 2.84. The summed E-state index contributed by atoms with van der Waals surface area (Å²) in [7, 11) is 0. The first-order valence-corrected chi connectivity index (χ1v) is 13.0. The number of aryl methyl sites for hydroxylation is 2. The van der Waals surface area contributed by atoms with Gasteiger partial charge in [-0.05, 0) is 97.3 Å². The first-order chi connectivity index (χ1) is 15.2. The zero-order chi connectivity index (χ0) is 21.5. The summed E-state index contributed by atoms with van der Waals surface area (Å²) in [5, 5.41) is 0. The largest absolute Gasteiger partial charge is 0.251 e. The number of benzene rings is 2. The highest BCUT2D eigenvalue weighted by Gasteiger charge is 2.30. The van der Waals surface area contributed by atoms with Gasteiger partial charge in [0.2, 0.25) is 0 Å². The van der Waals surface area contributed by atoms with E-state index in [9.17, 15) is 4.39 Å². The number of rotatable bonds is 8. The molecule has 0 N–H and O–H groups in total. The van der Waals surface area contributed by atoms with E-state index < -0.39 is 0 Å². The van der Waals surface area contributed by atoms with Crippen LogP contribution in [0.5, 0.6) is 0 Å². The minimum Gasteiger partial charge on any atom is -0.251 e. The molecule has 0 nitrogen and oxygen atoms in total. The van der Waals surface area contributed by atoms with Crippen LogP contribution in [0.15, 0.2) is 48.5 Å². The molecule has 0 radical (unpaired) electrons. The Bertz CT molecular complexity index is 759. The van der Waals surface area contributed by atoms with Gasteiger partial charge in [0.15, 0.2) is 0 Å². The highest BCUT2D eigenvalue weighted by Crippen LogP contribution is 2.42. The second-order valence-corrected chi connectivity index (χ2v) is 10.3. The maximum Gasteiger partial charge on any atom is 0.0897 e. The Morgan fingerprint density at radius 1 is 0.613 bits per heavy atom. The number of hydrogen-bond acceptors (Lipinski definition) is 0. The van der Waals surface area contributed by atoms with Gasteiger partial charge >= 0.3 is 0 Å². The Balaban J connectivity index is 1.19. The summed E-state index contributed by atoms with van der Waals surface area (Å²) in [6.45, 7) is 2.09. The Morgan fingerprint density at radius 3 is 1.52 bits per heavy atom. The molecule has 0 bridgehead atoms. The summed E-state index contributed by atoms with van der Waals surface area (Å²) < 4.78 is 12.6. The average molecular weight is 421 g/mol. The molecule has 0 amide bonds. The maximum atomic E-state index is 12.6. The Kier molecular flexibility index (Phi) is 8.22. The predicted octanol–water partition coefficient (Wildman–Crippen LogP) is 8.82. The quantitative estimate of drug-likeness (QED) is 0.400. The molecule has 31 heavy (non-hydrogen) atoms. The van der Waals surface area contributed by atoms with Crippen molar-refractivity contribution in [2.24, 2.45) is 23.7 Å². The fourth-order valence-corrected chi connectivity index (χ4v) is 6.22. The zero-order valence-corrected chi connectivity index (χ0v) is 19.5. The van der Waals surface area contributed by atoms with Crippen LogP contribution in [0.3, 0.4) is 0 Å². The smallest absolute Gasteiger partial charge is 0.0897 e. The van der Waals surface area contributed by atoms with Gasteiger partial charge in [0.05, 0.1) is 6.67 Å². The van der Waals surface area contributed by atoms with Crippen molar-refractivity contribution in [1.82, 2.24) is 0 Å². The molecule has 4 rings (SSSR count). The van der Waals surface area contributed by atoms with E-state index in [4.69, 9.17) is 0 Å². The van der Waals surface area contributed by atoms with Crippen LogP contribution in [0.2, 0.25) is 0 Å². The van der Waals surface area contributed by atoms with Crippen molar-refractivity contribution < 1.29 is 4.39 Å². The van der Waals surface area contributed by atoms with E-state index >= 15 is 0 Å². The molecule has 2 saturated carbocycles. The number of alkyl halides is 1. The van der Waals surface area contributed by atoms with Crippen molar-refractivity contribution in [3.8, 4) is 11.1 Å². The summed E-state index contributed by atoms with van der Waals surface area (Å²) in [6.07, 6.45) is 15.5. The number of hydrogen-bond donors (Lipinski definition) is 0. The van der Waals surface area contributed by atoms with Gasteiger partial charge in [0, 0.05) is 0 Å². The van der Waals surface area contributed by atoms with Crippen molar-refractivity contribution in [3.63, 3.8) is 0 Å². The van der Waals surface area contributed by atoms with Gasteiger partial charge in [-0.25, -0.2) is 0 Å². The maximum absolute atomic E-state index is 12.6. The van der Waals surface area contributed by atoms with Crippen molar-refractivity contribution in [1.29, 1.82) is 0 Å². The van der Waals surface area contributed by atoms with E-state index in [2.05, 4.69) is 55.5 Å².